The third-order valence-corrected chi connectivity index (χ3v) is 3.14. The van der Waals surface area contributed by atoms with Gasteiger partial charge in [-0.3, -0.25) is 4.79 Å². The zero-order chi connectivity index (χ0) is 12.3. The van der Waals surface area contributed by atoms with Crippen LogP contribution in [0.4, 0.5) is 5.69 Å². The molecule has 0 saturated carbocycles. The lowest BCUT2D eigenvalue weighted by atomic mass is 10.1. The minimum atomic E-state index is -0.208. The third kappa shape index (κ3) is 2.90. The zero-order valence-electron chi connectivity index (χ0n) is 9.41. The van der Waals surface area contributed by atoms with Crippen LogP contribution in [0.25, 0.3) is 0 Å². The van der Waals surface area contributed by atoms with E-state index in [0.717, 1.165) is 12.8 Å². The van der Waals surface area contributed by atoms with Crippen LogP contribution in [0, 0.1) is 0 Å². The molecule has 1 saturated heterocycles. The Bertz CT molecular complexity index is 397. The molecule has 1 aromatic carbocycles. The SMILES string of the molecule is Nc1cccc(Cl)c1C(=O)NC1CCOCC1. The van der Waals surface area contributed by atoms with Crippen LogP contribution in [-0.2, 0) is 4.74 Å². The van der Waals surface area contributed by atoms with Crippen molar-refractivity contribution in [3.8, 4) is 0 Å². The molecule has 5 heteroatoms. The predicted molar refractivity (Wildman–Crippen MR) is 67.2 cm³/mol. The Morgan fingerprint density at radius 2 is 2.12 bits per heavy atom. The molecule has 0 unspecified atom stereocenters. The summed E-state index contributed by atoms with van der Waals surface area (Å²) >= 11 is 5.98. The zero-order valence-corrected chi connectivity index (χ0v) is 10.2. The summed E-state index contributed by atoms with van der Waals surface area (Å²) in [4.78, 5) is 12.0. The summed E-state index contributed by atoms with van der Waals surface area (Å²) in [6.07, 6.45) is 1.66. The summed E-state index contributed by atoms with van der Waals surface area (Å²) in [6.45, 7) is 1.37. The van der Waals surface area contributed by atoms with E-state index in [4.69, 9.17) is 22.1 Å². The highest BCUT2D eigenvalue weighted by molar-refractivity contribution is 6.34. The second-order valence-corrected chi connectivity index (χ2v) is 4.47. The van der Waals surface area contributed by atoms with Crippen molar-refractivity contribution in [2.45, 2.75) is 18.9 Å². The van der Waals surface area contributed by atoms with Gasteiger partial charge in [-0.2, -0.15) is 0 Å². The van der Waals surface area contributed by atoms with Crippen LogP contribution in [0.5, 0.6) is 0 Å². The maximum absolute atomic E-state index is 12.0. The van der Waals surface area contributed by atoms with E-state index in [1.807, 2.05) is 0 Å². The average molecular weight is 255 g/mol. The molecular weight excluding hydrogens is 240 g/mol. The minimum absolute atomic E-state index is 0.145. The normalized spacial score (nSPS) is 16.8. The van der Waals surface area contributed by atoms with Gasteiger partial charge in [-0.1, -0.05) is 17.7 Å². The van der Waals surface area contributed by atoms with Crippen LogP contribution < -0.4 is 11.1 Å². The van der Waals surface area contributed by atoms with Crippen molar-refractivity contribution in [3.63, 3.8) is 0 Å². The first-order valence-corrected chi connectivity index (χ1v) is 5.99. The van der Waals surface area contributed by atoms with Gasteiger partial charge in [0.1, 0.15) is 0 Å². The Morgan fingerprint density at radius 1 is 1.41 bits per heavy atom. The first kappa shape index (κ1) is 12.2. The molecule has 0 atom stereocenters. The van der Waals surface area contributed by atoms with Crippen LogP contribution >= 0.6 is 11.6 Å². The van der Waals surface area contributed by atoms with Crippen molar-refractivity contribution >= 4 is 23.2 Å². The Balaban J connectivity index is 2.08. The highest BCUT2D eigenvalue weighted by atomic mass is 35.5. The highest BCUT2D eigenvalue weighted by Gasteiger charge is 2.19. The fourth-order valence-electron chi connectivity index (χ4n) is 1.88. The number of nitrogen functional groups attached to an aromatic ring is 1. The average Bonchev–Trinajstić information content (AvgIpc) is 2.30. The molecular formula is C12H15ClN2O2. The number of anilines is 1. The molecule has 1 amide bonds. The van der Waals surface area contributed by atoms with Crippen molar-refractivity contribution in [1.29, 1.82) is 0 Å². The number of hydrogen-bond acceptors (Lipinski definition) is 3. The maximum atomic E-state index is 12.0. The molecule has 2 rings (SSSR count). The Kier molecular flexibility index (Phi) is 3.86. The van der Waals surface area contributed by atoms with Gasteiger partial charge in [0.05, 0.1) is 10.6 Å². The van der Waals surface area contributed by atoms with Crippen molar-refractivity contribution in [2.75, 3.05) is 18.9 Å². The summed E-state index contributed by atoms with van der Waals surface area (Å²) in [6, 6.07) is 5.21. The second-order valence-electron chi connectivity index (χ2n) is 4.06. The Hall–Kier alpha value is -1.26. The van der Waals surface area contributed by atoms with Crippen LogP contribution in [0.15, 0.2) is 18.2 Å². The summed E-state index contributed by atoms with van der Waals surface area (Å²) in [5.74, 6) is -0.208. The highest BCUT2D eigenvalue weighted by Crippen LogP contribution is 2.22. The van der Waals surface area contributed by atoms with E-state index in [0.29, 0.717) is 29.5 Å². The van der Waals surface area contributed by atoms with E-state index in [9.17, 15) is 4.79 Å². The first-order valence-electron chi connectivity index (χ1n) is 5.61. The fraction of sp³-hybridized carbons (Fsp3) is 0.417. The number of ether oxygens (including phenoxy) is 1. The van der Waals surface area contributed by atoms with Gasteiger partial charge in [0.15, 0.2) is 0 Å². The van der Waals surface area contributed by atoms with Crippen molar-refractivity contribution < 1.29 is 9.53 Å². The molecule has 1 aromatic rings. The lowest BCUT2D eigenvalue weighted by molar-refractivity contribution is 0.0697. The molecule has 0 spiro atoms. The number of hydrogen-bond donors (Lipinski definition) is 2. The number of benzene rings is 1. The molecule has 1 heterocycles. The fourth-order valence-corrected chi connectivity index (χ4v) is 2.15. The second kappa shape index (κ2) is 5.38. The van der Waals surface area contributed by atoms with E-state index in [-0.39, 0.29) is 11.9 Å². The summed E-state index contributed by atoms with van der Waals surface area (Å²) in [5.41, 5.74) is 6.52. The van der Waals surface area contributed by atoms with Gasteiger partial charge in [-0.25, -0.2) is 0 Å². The monoisotopic (exact) mass is 254 g/mol. The van der Waals surface area contributed by atoms with E-state index < -0.39 is 0 Å². The molecule has 0 aliphatic carbocycles. The molecule has 0 bridgehead atoms. The first-order chi connectivity index (χ1) is 8.18. The molecule has 0 aromatic heterocycles. The van der Waals surface area contributed by atoms with Crippen molar-refractivity contribution in [3.05, 3.63) is 28.8 Å². The van der Waals surface area contributed by atoms with E-state index in [1.54, 1.807) is 18.2 Å². The number of halogens is 1. The van der Waals surface area contributed by atoms with Crippen LogP contribution in [0.3, 0.4) is 0 Å². The topological polar surface area (TPSA) is 64.4 Å². The number of nitrogens with one attached hydrogen (secondary N) is 1. The van der Waals surface area contributed by atoms with Gasteiger partial charge in [-0.05, 0) is 25.0 Å². The number of carbonyl (C=O) groups is 1. The molecule has 1 fully saturated rings. The molecule has 17 heavy (non-hydrogen) atoms. The minimum Gasteiger partial charge on any atom is -0.398 e. The molecule has 92 valence electrons. The Morgan fingerprint density at radius 3 is 2.76 bits per heavy atom. The molecule has 3 N–H and O–H groups in total. The van der Waals surface area contributed by atoms with E-state index in [1.165, 1.54) is 0 Å². The molecule has 1 aliphatic rings. The molecule has 0 radical (unpaired) electrons. The number of carbonyl (C=O) groups excluding carboxylic acids is 1. The number of nitrogens with two attached hydrogens (primary N) is 1. The van der Waals surface area contributed by atoms with E-state index in [2.05, 4.69) is 5.32 Å². The summed E-state index contributed by atoms with van der Waals surface area (Å²) in [7, 11) is 0. The van der Waals surface area contributed by atoms with Gasteiger partial charge in [0, 0.05) is 24.9 Å². The van der Waals surface area contributed by atoms with Gasteiger partial charge in [-0.15, -0.1) is 0 Å². The standard InChI is InChI=1S/C12H15ClN2O2/c13-9-2-1-3-10(14)11(9)12(16)15-8-4-6-17-7-5-8/h1-3,8H,4-7,14H2,(H,15,16). The van der Waals surface area contributed by atoms with Crippen molar-refractivity contribution in [2.24, 2.45) is 0 Å². The summed E-state index contributed by atoms with van der Waals surface area (Å²) < 4.78 is 5.23. The largest absolute Gasteiger partial charge is 0.398 e. The smallest absolute Gasteiger partial charge is 0.255 e. The van der Waals surface area contributed by atoms with Crippen LogP contribution in [-0.4, -0.2) is 25.2 Å². The maximum Gasteiger partial charge on any atom is 0.255 e. The quantitative estimate of drug-likeness (QED) is 0.792. The molecule has 4 nitrogen and oxygen atoms in total. The van der Waals surface area contributed by atoms with Gasteiger partial charge in [0.25, 0.3) is 5.91 Å². The lowest BCUT2D eigenvalue weighted by Crippen LogP contribution is -2.39. The van der Waals surface area contributed by atoms with Crippen molar-refractivity contribution in [1.82, 2.24) is 5.32 Å². The van der Waals surface area contributed by atoms with Crippen LogP contribution in [0.2, 0.25) is 5.02 Å². The van der Waals surface area contributed by atoms with Crippen LogP contribution in [0.1, 0.15) is 23.2 Å². The van der Waals surface area contributed by atoms with E-state index >= 15 is 0 Å². The molecule has 1 aliphatic heterocycles. The van der Waals surface area contributed by atoms with Gasteiger partial charge < -0.3 is 15.8 Å². The van der Waals surface area contributed by atoms with Gasteiger partial charge >= 0.3 is 0 Å². The number of amides is 1. The third-order valence-electron chi connectivity index (χ3n) is 2.83. The lowest BCUT2D eigenvalue weighted by Gasteiger charge is -2.23. The number of rotatable bonds is 2. The Labute approximate surface area is 105 Å². The summed E-state index contributed by atoms with van der Waals surface area (Å²) in [5, 5.41) is 3.32. The predicted octanol–water partition coefficient (Wildman–Crippen LogP) is 1.83. The van der Waals surface area contributed by atoms with Gasteiger partial charge in [0.2, 0.25) is 0 Å².